The quantitative estimate of drug-likeness (QED) is 0.418. The number of furan rings is 1. The van der Waals surface area contributed by atoms with Crippen LogP contribution < -0.4 is 0 Å². The van der Waals surface area contributed by atoms with Crippen LogP contribution in [0.25, 0.3) is 0 Å². The summed E-state index contributed by atoms with van der Waals surface area (Å²) in [5.41, 5.74) is 1.14. The fraction of sp³-hybridized carbons (Fsp3) is 0.409. The van der Waals surface area contributed by atoms with E-state index in [0.717, 1.165) is 50.7 Å². The van der Waals surface area contributed by atoms with E-state index in [9.17, 15) is 26.3 Å². The van der Waals surface area contributed by atoms with Crippen molar-refractivity contribution < 1.29 is 50.6 Å². The molecule has 0 bridgehead atoms. The number of hydrogen-bond acceptors (Lipinski definition) is 7. The van der Waals surface area contributed by atoms with Crippen molar-refractivity contribution in [3.05, 3.63) is 64.3 Å². The fourth-order valence-electron chi connectivity index (χ4n) is 3.20. The second-order valence-corrected chi connectivity index (χ2v) is 9.02. The molecule has 0 saturated heterocycles. The molecule has 0 radical (unpaired) electrons. The normalized spacial score (nSPS) is 13.7. The number of imidazole rings is 1. The standard InChI is InChI=1S/C18H22N4OS.2C2HF3O2/c1-20(12-16-4-2-8-23-16)10-15-11-22-7-6-21(14-18(22)19-15)13-17-5-3-9-24-17;2*3-2(4,5)1(6)7/h2-5,8-9,11H,6-7,10,12-14H2,1H3;2*(H,6,7). The monoisotopic (exact) mass is 570 g/mol. The number of hydrogen-bond donors (Lipinski definition) is 2. The van der Waals surface area contributed by atoms with E-state index >= 15 is 0 Å². The summed E-state index contributed by atoms with van der Waals surface area (Å²) in [6.45, 7) is 5.71. The summed E-state index contributed by atoms with van der Waals surface area (Å²) in [6, 6.07) is 8.27. The molecule has 38 heavy (non-hydrogen) atoms. The zero-order valence-electron chi connectivity index (χ0n) is 19.9. The van der Waals surface area contributed by atoms with Crippen molar-refractivity contribution in [1.29, 1.82) is 0 Å². The summed E-state index contributed by atoms with van der Waals surface area (Å²) in [5.74, 6) is -3.34. The summed E-state index contributed by atoms with van der Waals surface area (Å²) >= 11 is 1.83. The van der Waals surface area contributed by atoms with Crippen LogP contribution in [0.3, 0.4) is 0 Å². The van der Waals surface area contributed by atoms with Crippen molar-refractivity contribution in [2.45, 2.75) is 45.1 Å². The molecule has 4 heterocycles. The van der Waals surface area contributed by atoms with Crippen LogP contribution in [0.1, 0.15) is 22.2 Å². The smallest absolute Gasteiger partial charge is 0.475 e. The maximum absolute atomic E-state index is 10.6. The average molecular weight is 571 g/mol. The van der Waals surface area contributed by atoms with Crippen LogP contribution in [-0.4, -0.2) is 67.4 Å². The molecule has 0 saturated carbocycles. The van der Waals surface area contributed by atoms with Crippen LogP contribution in [0.2, 0.25) is 0 Å². The maximum Gasteiger partial charge on any atom is 0.490 e. The molecule has 210 valence electrons. The highest BCUT2D eigenvalue weighted by Gasteiger charge is 2.38. The third-order valence-corrected chi connectivity index (χ3v) is 5.67. The van der Waals surface area contributed by atoms with Crippen LogP contribution in [0, 0.1) is 0 Å². The molecule has 1 aliphatic rings. The number of aromatic nitrogens is 2. The average Bonchev–Trinajstić information content (AvgIpc) is 3.55. The van der Waals surface area contributed by atoms with Gasteiger partial charge in [0.25, 0.3) is 0 Å². The van der Waals surface area contributed by atoms with Gasteiger partial charge in [0, 0.05) is 37.3 Å². The minimum Gasteiger partial charge on any atom is -0.475 e. The maximum atomic E-state index is 10.6. The first kappa shape index (κ1) is 30.9. The number of fused-ring (bicyclic) bond motifs is 1. The number of alkyl halides is 6. The van der Waals surface area contributed by atoms with Gasteiger partial charge >= 0.3 is 24.3 Å². The Balaban J connectivity index is 0.000000301. The Labute approximate surface area is 216 Å². The van der Waals surface area contributed by atoms with Gasteiger partial charge in [-0.3, -0.25) is 9.80 Å². The minimum absolute atomic E-state index is 0.805. The van der Waals surface area contributed by atoms with Gasteiger partial charge < -0.3 is 19.2 Å². The van der Waals surface area contributed by atoms with Crippen LogP contribution in [0.4, 0.5) is 26.3 Å². The Bertz CT molecular complexity index is 1120. The van der Waals surface area contributed by atoms with Gasteiger partial charge in [-0.1, -0.05) is 6.07 Å². The van der Waals surface area contributed by atoms with E-state index in [1.54, 1.807) is 6.26 Å². The molecular weight excluding hydrogens is 546 g/mol. The van der Waals surface area contributed by atoms with E-state index in [0.29, 0.717) is 0 Å². The van der Waals surface area contributed by atoms with Gasteiger partial charge in [0.15, 0.2) is 0 Å². The van der Waals surface area contributed by atoms with Gasteiger partial charge in [0.05, 0.1) is 25.0 Å². The first-order valence-electron chi connectivity index (χ1n) is 10.8. The second kappa shape index (κ2) is 13.4. The van der Waals surface area contributed by atoms with Crippen LogP contribution in [0.5, 0.6) is 0 Å². The Morgan fingerprint density at radius 1 is 1.05 bits per heavy atom. The second-order valence-electron chi connectivity index (χ2n) is 7.99. The van der Waals surface area contributed by atoms with Crippen LogP contribution in [-0.2, 0) is 42.3 Å². The SMILES string of the molecule is CN(Cc1cn2c(n1)CN(Cc1cccs1)CC2)Cc1ccco1.O=C(O)C(F)(F)F.O=C(O)C(F)(F)F. The topological polar surface area (TPSA) is 112 Å². The Kier molecular flexibility index (Phi) is 10.9. The zero-order valence-corrected chi connectivity index (χ0v) is 20.7. The summed E-state index contributed by atoms with van der Waals surface area (Å²) in [5, 5.41) is 16.4. The lowest BCUT2D eigenvalue weighted by molar-refractivity contribution is -0.193. The number of nitrogens with zero attached hydrogens (tertiary/aromatic N) is 4. The van der Waals surface area contributed by atoms with E-state index in [1.165, 1.54) is 10.7 Å². The summed E-state index contributed by atoms with van der Waals surface area (Å²) in [7, 11) is 2.10. The Hall–Kier alpha value is -3.37. The van der Waals surface area contributed by atoms with Gasteiger partial charge in [-0.25, -0.2) is 14.6 Å². The van der Waals surface area contributed by atoms with Gasteiger partial charge in [-0.05, 0) is 30.6 Å². The Morgan fingerprint density at radius 3 is 2.18 bits per heavy atom. The van der Waals surface area contributed by atoms with Gasteiger partial charge in [0.2, 0.25) is 0 Å². The molecule has 3 aromatic rings. The molecular formula is C22H24F6N4O5S. The molecule has 0 amide bonds. The third kappa shape index (κ3) is 10.5. The molecule has 0 spiro atoms. The molecule has 9 nitrogen and oxygen atoms in total. The van der Waals surface area contributed by atoms with Gasteiger partial charge in [-0.2, -0.15) is 26.3 Å². The van der Waals surface area contributed by atoms with Crippen molar-refractivity contribution in [2.24, 2.45) is 0 Å². The third-order valence-electron chi connectivity index (χ3n) is 4.81. The lowest BCUT2D eigenvalue weighted by Crippen LogP contribution is -2.32. The van der Waals surface area contributed by atoms with Crippen LogP contribution in [0.15, 0.2) is 46.5 Å². The largest absolute Gasteiger partial charge is 0.490 e. The number of rotatable bonds is 6. The number of carboxylic acids is 2. The number of carboxylic acid groups (broad SMARTS) is 2. The van der Waals surface area contributed by atoms with E-state index in [1.807, 2.05) is 23.5 Å². The van der Waals surface area contributed by atoms with E-state index < -0.39 is 24.3 Å². The van der Waals surface area contributed by atoms with Gasteiger partial charge in [-0.15, -0.1) is 11.3 Å². The zero-order chi connectivity index (χ0) is 28.5. The van der Waals surface area contributed by atoms with Crippen LogP contribution >= 0.6 is 11.3 Å². The highest BCUT2D eigenvalue weighted by molar-refractivity contribution is 7.09. The molecule has 16 heteroatoms. The van der Waals surface area contributed by atoms with Gasteiger partial charge in [0.1, 0.15) is 11.6 Å². The predicted octanol–water partition coefficient (Wildman–Crippen LogP) is 4.45. The number of carbonyl (C=O) groups is 2. The lowest BCUT2D eigenvalue weighted by atomic mass is 10.3. The molecule has 2 N–H and O–H groups in total. The molecule has 0 aliphatic carbocycles. The number of thiophene rings is 1. The molecule has 0 unspecified atom stereocenters. The van der Waals surface area contributed by atoms with Crippen molar-refractivity contribution in [2.75, 3.05) is 13.6 Å². The first-order chi connectivity index (χ1) is 17.6. The summed E-state index contributed by atoms with van der Waals surface area (Å²) < 4.78 is 71.2. The molecule has 0 atom stereocenters. The molecule has 0 aromatic carbocycles. The summed E-state index contributed by atoms with van der Waals surface area (Å²) in [4.78, 5) is 28.8. The highest BCUT2D eigenvalue weighted by atomic mass is 32.1. The van der Waals surface area contributed by atoms with Crippen molar-refractivity contribution in [3.8, 4) is 0 Å². The lowest BCUT2D eigenvalue weighted by Gasteiger charge is -2.26. The number of aliphatic carboxylic acids is 2. The Morgan fingerprint density at radius 2 is 1.68 bits per heavy atom. The minimum atomic E-state index is -5.08. The van der Waals surface area contributed by atoms with E-state index in [4.69, 9.17) is 29.2 Å². The highest BCUT2D eigenvalue weighted by Crippen LogP contribution is 2.19. The van der Waals surface area contributed by atoms with Crippen molar-refractivity contribution in [3.63, 3.8) is 0 Å². The van der Waals surface area contributed by atoms with E-state index in [-0.39, 0.29) is 0 Å². The molecule has 0 fully saturated rings. The van der Waals surface area contributed by atoms with E-state index in [2.05, 4.69) is 45.1 Å². The molecule has 1 aliphatic heterocycles. The molecule has 3 aromatic heterocycles. The molecule has 4 rings (SSSR count). The van der Waals surface area contributed by atoms with Crippen molar-refractivity contribution in [1.82, 2.24) is 19.4 Å². The number of halogens is 6. The first-order valence-corrected chi connectivity index (χ1v) is 11.6. The predicted molar refractivity (Wildman–Crippen MR) is 122 cm³/mol. The summed E-state index contributed by atoms with van der Waals surface area (Å²) in [6.07, 6.45) is -6.24. The van der Waals surface area contributed by atoms with Crippen molar-refractivity contribution >= 4 is 23.3 Å². The fourth-order valence-corrected chi connectivity index (χ4v) is 3.94.